The summed E-state index contributed by atoms with van der Waals surface area (Å²) in [5.74, 6) is -1.56. The first-order valence-electron chi connectivity index (χ1n) is 4.06. The van der Waals surface area contributed by atoms with E-state index in [4.69, 9.17) is 9.84 Å². The highest BCUT2D eigenvalue weighted by atomic mass is 16.6. The van der Waals surface area contributed by atoms with Crippen LogP contribution in [0.3, 0.4) is 0 Å². The molecule has 1 rings (SSSR count). The zero-order chi connectivity index (χ0) is 12.3. The van der Waals surface area contributed by atoms with Crippen molar-refractivity contribution < 1.29 is 24.4 Å². The molecule has 7 heteroatoms. The number of carboxylic acid groups (broad SMARTS) is 1. The second-order valence-corrected chi connectivity index (χ2v) is 2.79. The lowest BCUT2D eigenvalue weighted by molar-refractivity contribution is -0.385. The Kier molecular flexibility index (Phi) is 3.19. The number of hydrogen-bond acceptors (Lipinski definition) is 5. The minimum Gasteiger partial charge on any atom is -0.490 e. The number of benzene rings is 1. The van der Waals surface area contributed by atoms with Crippen molar-refractivity contribution in [2.45, 2.75) is 0 Å². The van der Waals surface area contributed by atoms with Gasteiger partial charge < -0.3 is 9.84 Å². The molecule has 0 saturated heterocycles. The van der Waals surface area contributed by atoms with Crippen molar-refractivity contribution in [3.8, 4) is 5.75 Å². The molecule has 0 aromatic heterocycles. The second kappa shape index (κ2) is 4.39. The topological polar surface area (TPSA) is 107 Å². The fraction of sp³-hybridized carbons (Fsp3) is 0.111. The van der Waals surface area contributed by atoms with Crippen LogP contribution in [0.2, 0.25) is 0 Å². The van der Waals surface area contributed by atoms with Crippen LogP contribution >= 0.6 is 0 Å². The first kappa shape index (κ1) is 11.6. The van der Waals surface area contributed by atoms with Crippen LogP contribution in [-0.4, -0.2) is 29.4 Å². The lowest BCUT2D eigenvalue weighted by Gasteiger charge is -2.04. The van der Waals surface area contributed by atoms with Crippen LogP contribution in [0.5, 0.6) is 5.75 Å². The standard InChI is InChI=1S/C9H7NO6/c1-16-8-2-5(4-11)6(9(12)13)3-7(8)10(14)15/h2-4H,1H3,(H,12,13). The Morgan fingerprint density at radius 1 is 1.56 bits per heavy atom. The number of ether oxygens (including phenoxy) is 1. The summed E-state index contributed by atoms with van der Waals surface area (Å²) in [4.78, 5) is 31.1. The third-order valence-electron chi connectivity index (χ3n) is 1.91. The molecule has 0 spiro atoms. The lowest BCUT2D eigenvalue weighted by atomic mass is 10.1. The Hall–Kier alpha value is -2.44. The zero-order valence-electron chi connectivity index (χ0n) is 8.17. The Morgan fingerprint density at radius 2 is 2.19 bits per heavy atom. The smallest absolute Gasteiger partial charge is 0.336 e. The Labute approximate surface area is 89.4 Å². The summed E-state index contributed by atoms with van der Waals surface area (Å²) in [5, 5.41) is 19.3. The predicted molar refractivity (Wildman–Crippen MR) is 52.0 cm³/mol. The van der Waals surface area contributed by atoms with E-state index in [2.05, 4.69) is 0 Å². The number of aromatic carboxylic acids is 1. The van der Waals surface area contributed by atoms with Crippen molar-refractivity contribution in [3.63, 3.8) is 0 Å². The van der Waals surface area contributed by atoms with Gasteiger partial charge in [-0.05, 0) is 6.07 Å². The van der Waals surface area contributed by atoms with Gasteiger partial charge in [-0.25, -0.2) is 4.79 Å². The largest absolute Gasteiger partial charge is 0.490 e. The van der Waals surface area contributed by atoms with Gasteiger partial charge >= 0.3 is 11.7 Å². The quantitative estimate of drug-likeness (QED) is 0.467. The molecule has 0 saturated carbocycles. The van der Waals surface area contributed by atoms with E-state index in [0.29, 0.717) is 6.29 Å². The molecule has 0 bridgehead atoms. The van der Waals surface area contributed by atoms with Gasteiger partial charge in [0.25, 0.3) is 0 Å². The highest BCUT2D eigenvalue weighted by molar-refractivity contribution is 5.98. The molecule has 0 heterocycles. The van der Waals surface area contributed by atoms with Crippen molar-refractivity contribution in [1.82, 2.24) is 0 Å². The zero-order valence-corrected chi connectivity index (χ0v) is 8.17. The van der Waals surface area contributed by atoms with Crippen molar-refractivity contribution in [2.24, 2.45) is 0 Å². The molecule has 16 heavy (non-hydrogen) atoms. The number of carboxylic acids is 1. The maximum atomic E-state index is 10.7. The normalized spacial score (nSPS) is 9.56. The molecule has 0 aliphatic heterocycles. The SMILES string of the molecule is COc1cc(C=O)c(C(=O)O)cc1[N+](=O)[O-]. The maximum absolute atomic E-state index is 10.7. The van der Waals surface area contributed by atoms with Crippen molar-refractivity contribution >= 4 is 17.9 Å². The summed E-state index contributed by atoms with van der Waals surface area (Å²) < 4.78 is 4.69. The van der Waals surface area contributed by atoms with Gasteiger partial charge in [0, 0.05) is 11.6 Å². The van der Waals surface area contributed by atoms with E-state index in [0.717, 1.165) is 12.1 Å². The van der Waals surface area contributed by atoms with Gasteiger partial charge in [0.2, 0.25) is 0 Å². The minimum atomic E-state index is -1.41. The molecule has 1 aromatic rings. The van der Waals surface area contributed by atoms with Crippen molar-refractivity contribution in [3.05, 3.63) is 33.4 Å². The van der Waals surface area contributed by atoms with Gasteiger partial charge in [-0.15, -0.1) is 0 Å². The molecule has 0 atom stereocenters. The van der Waals surface area contributed by atoms with Gasteiger partial charge in [-0.2, -0.15) is 0 Å². The summed E-state index contributed by atoms with van der Waals surface area (Å²) in [6, 6.07) is 1.82. The molecular formula is C9H7NO6. The van der Waals surface area contributed by atoms with Crippen LogP contribution < -0.4 is 4.74 Å². The van der Waals surface area contributed by atoms with E-state index in [1.165, 1.54) is 7.11 Å². The Bertz CT molecular complexity index is 467. The van der Waals surface area contributed by atoms with E-state index >= 15 is 0 Å². The Balaban J connectivity index is 3.52. The molecule has 1 aromatic carbocycles. The van der Waals surface area contributed by atoms with Crippen LogP contribution in [0.15, 0.2) is 12.1 Å². The first-order chi connectivity index (χ1) is 7.51. The van der Waals surface area contributed by atoms with Crippen LogP contribution in [0, 0.1) is 10.1 Å². The monoisotopic (exact) mass is 225 g/mol. The minimum absolute atomic E-state index is 0.155. The second-order valence-electron chi connectivity index (χ2n) is 2.79. The molecule has 84 valence electrons. The molecule has 1 N–H and O–H groups in total. The molecule has 0 amide bonds. The summed E-state index contributed by atoms with van der Waals surface area (Å²) >= 11 is 0. The fourth-order valence-electron chi connectivity index (χ4n) is 1.17. The Morgan fingerprint density at radius 3 is 2.56 bits per heavy atom. The molecule has 0 aliphatic carbocycles. The molecule has 0 radical (unpaired) electrons. The van der Waals surface area contributed by atoms with Crippen LogP contribution in [0.1, 0.15) is 20.7 Å². The van der Waals surface area contributed by atoms with Crippen LogP contribution in [0.25, 0.3) is 0 Å². The van der Waals surface area contributed by atoms with Crippen molar-refractivity contribution in [1.29, 1.82) is 0 Å². The molecular weight excluding hydrogens is 218 g/mol. The number of carbonyl (C=O) groups excluding carboxylic acids is 1. The summed E-state index contributed by atoms with van der Waals surface area (Å²) in [6.07, 6.45) is 0.301. The number of methoxy groups -OCH3 is 1. The third kappa shape index (κ3) is 1.97. The van der Waals surface area contributed by atoms with Gasteiger partial charge in [0.15, 0.2) is 12.0 Å². The number of carbonyl (C=O) groups is 2. The van der Waals surface area contributed by atoms with Gasteiger partial charge in [-0.1, -0.05) is 0 Å². The van der Waals surface area contributed by atoms with E-state index in [1.54, 1.807) is 0 Å². The van der Waals surface area contributed by atoms with E-state index < -0.39 is 22.1 Å². The molecule has 7 nitrogen and oxygen atoms in total. The summed E-state index contributed by atoms with van der Waals surface area (Å²) in [7, 11) is 1.19. The fourth-order valence-corrected chi connectivity index (χ4v) is 1.17. The number of aldehydes is 1. The number of nitro benzene ring substituents is 1. The van der Waals surface area contributed by atoms with E-state index in [1.807, 2.05) is 0 Å². The number of nitrogens with zero attached hydrogens (tertiary/aromatic N) is 1. The highest BCUT2D eigenvalue weighted by Crippen LogP contribution is 2.29. The van der Waals surface area contributed by atoms with E-state index in [9.17, 15) is 19.7 Å². The highest BCUT2D eigenvalue weighted by Gasteiger charge is 2.21. The average Bonchev–Trinajstić information content (AvgIpc) is 2.26. The van der Waals surface area contributed by atoms with Gasteiger partial charge in [0.1, 0.15) is 0 Å². The number of nitro groups is 1. The first-order valence-corrected chi connectivity index (χ1v) is 4.06. The van der Waals surface area contributed by atoms with Crippen LogP contribution in [0.4, 0.5) is 5.69 Å². The van der Waals surface area contributed by atoms with Gasteiger partial charge in [0.05, 0.1) is 17.6 Å². The van der Waals surface area contributed by atoms with E-state index in [-0.39, 0.29) is 11.3 Å². The van der Waals surface area contributed by atoms with Gasteiger partial charge in [-0.3, -0.25) is 14.9 Å². The van der Waals surface area contributed by atoms with Crippen molar-refractivity contribution in [2.75, 3.05) is 7.11 Å². The summed E-state index contributed by atoms with van der Waals surface area (Å²) in [5.41, 5.74) is -1.09. The maximum Gasteiger partial charge on any atom is 0.336 e. The third-order valence-corrected chi connectivity index (χ3v) is 1.91. The molecule has 0 unspecified atom stereocenters. The molecule has 0 aliphatic rings. The summed E-state index contributed by atoms with van der Waals surface area (Å²) in [6.45, 7) is 0. The van der Waals surface area contributed by atoms with Crippen LogP contribution in [-0.2, 0) is 0 Å². The average molecular weight is 225 g/mol. The number of hydrogen-bond donors (Lipinski definition) is 1. The molecule has 0 fully saturated rings. The predicted octanol–water partition coefficient (Wildman–Crippen LogP) is 1.11. The number of rotatable bonds is 4. The lowest BCUT2D eigenvalue weighted by Crippen LogP contribution is -2.05.